The van der Waals surface area contributed by atoms with Crippen LogP contribution in [0, 0.1) is 7.14 Å². The van der Waals surface area contributed by atoms with Gasteiger partial charge in [-0.1, -0.05) is 41.7 Å². The van der Waals surface area contributed by atoms with E-state index in [-0.39, 0.29) is 12.2 Å². The maximum Gasteiger partial charge on any atom is 0.338 e. The Morgan fingerprint density at radius 1 is 1.20 bits per heavy atom. The summed E-state index contributed by atoms with van der Waals surface area (Å²) in [5, 5.41) is 0. The van der Waals surface area contributed by atoms with Crippen LogP contribution in [0.5, 0.6) is 5.75 Å². The number of fused-ring (bicyclic) bond motifs is 1. The minimum Gasteiger partial charge on any atom is -0.463 e. The van der Waals surface area contributed by atoms with Gasteiger partial charge in [0.2, 0.25) is 0 Å². The number of nitrogens with zero attached hydrogens (tertiary/aromatic N) is 2. The standard InChI is InChI=1S/C25H20I2N2O5S/c1-4-33-24(32)20-13(2)28-25-29(21(20)15-8-6-5-7-9-15)23(31)19(35-25)11-16-10-17(26)12-18(27)22(16)34-14(3)30/h5-12,21H,4H2,1-3H3/b19-11-/t21-/m0/s1. The molecule has 0 amide bonds. The highest BCUT2D eigenvalue weighted by molar-refractivity contribution is 14.1. The summed E-state index contributed by atoms with van der Waals surface area (Å²) in [6.45, 7) is 5.04. The Kier molecular flexibility index (Phi) is 7.91. The van der Waals surface area contributed by atoms with E-state index in [0.717, 1.165) is 12.7 Å². The maximum absolute atomic E-state index is 13.7. The number of hydrogen-bond donors (Lipinski definition) is 0. The van der Waals surface area contributed by atoms with Crippen LogP contribution in [0.15, 0.2) is 63.5 Å². The molecule has 0 spiro atoms. The number of aromatic nitrogens is 1. The third-order valence-corrected chi connectivity index (χ3v) is 7.61. The largest absolute Gasteiger partial charge is 0.463 e. The number of halogens is 2. The number of carbonyl (C=O) groups is 2. The van der Waals surface area contributed by atoms with E-state index in [0.29, 0.717) is 31.9 Å². The molecule has 4 rings (SSSR count). The average molecular weight is 714 g/mol. The van der Waals surface area contributed by atoms with Crippen LogP contribution in [-0.2, 0) is 14.3 Å². The van der Waals surface area contributed by atoms with Gasteiger partial charge >= 0.3 is 11.9 Å². The van der Waals surface area contributed by atoms with Crippen LogP contribution >= 0.6 is 56.5 Å². The van der Waals surface area contributed by atoms with Gasteiger partial charge in [0.1, 0.15) is 0 Å². The quantitative estimate of drug-likeness (QED) is 0.227. The van der Waals surface area contributed by atoms with Gasteiger partial charge in [-0.3, -0.25) is 14.2 Å². The van der Waals surface area contributed by atoms with Crippen molar-refractivity contribution in [3.63, 3.8) is 0 Å². The predicted molar refractivity (Wildman–Crippen MR) is 150 cm³/mol. The van der Waals surface area contributed by atoms with Crippen molar-refractivity contribution >= 4 is 74.5 Å². The van der Waals surface area contributed by atoms with Crippen molar-refractivity contribution in [2.75, 3.05) is 6.61 Å². The molecule has 1 aromatic heterocycles. The summed E-state index contributed by atoms with van der Waals surface area (Å²) in [7, 11) is 0. The fraction of sp³-hybridized carbons (Fsp3) is 0.200. The van der Waals surface area contributed by atoms with Crippen LogP contribution in [0.25, 0.3) is 6.08 Å². The van der Waals surface area contributed by atoms with Crippen molar-refractivity contribution in [2.24, 2.45) is 4.99 Å². The Morgan fingerprint density at radius 2 is 1.91 bits per heavy atom. The summed E-state index contributed by atoms with van der Waals surface area (Å²) >= 11 is 5.51. The lowest BCUT2D eigenvalue weighted by Crippen LogP contribution is -2.39. The first-order chi connectivity index (χ1) is 16.7. The van der Waals surface area contributed by atoms with Crippen molar-refractivity contribution in [2.45, 2.75) is 26.8 Å². The van der Waals surface area contributed by atoms with E-state index in [4.69, 9.17) is 9.47 Å². The molecule has 180 valence electrons. The second-order valence-electron chi connectivity index (χ2n) is 7.61. The lowest BCUT2D eigenvalue weighted by atomic mass is 9.96. The van der Waals surface area contributed by atoms with E-state index in [2.05, 4.69) is 50.2 Å². The first kappa shape index (κ1) is 25.8. The van der Waals surface area contributed by atoms with Crippen molar-refractivity contribution in [1.29, 1.82) is 0 Å². The molecule has 10 heteroatoms. The molecule has 1 atom stereocenters. The molecule has 0 aliphatic carbocycles. The van der Waals surface area contributed by atoms with Gasteiger partial charge in [-0.2, -0.15) is 0 Å². The SMILES string of the molecule is CCOC(=O)C1=C(C)N=c2s/c(=C\c3cc(I)cc(I)c3OC(C)=O)c(=O)n2[C@H]1c1ccccc1. The minimum absolute atomic E-state index is 0.214. The molecule has 0 bridgehead atoms. The molecule has 1 aliphatic heterocycles. The zero-order valence-corrected chi connectivity index (χ0v) is 24.1. The zero-order valence-electron chi connectivity index (χ0n) is 19.0. The molecule has 0 unspecified atom stereocenters. The normalized spacial score (nSPS) is 15.5. The van der Waals surface area contributed by atoms with Gasteiger partial charge in [-0.05, 0) is 82.8 Å². The molecule has 0 radical (unpaired) electrons. The topological polar surface area (TPSA) is 87.0 Å². The Balaban J connectivity index is 1.97. The van der Waals surface area contributed by atoms with Crippen molar-refractivity contribution in [1.82, 2.24) is 4.57 Å². The van der Waals surface area contributed by atoms with Gasteiger partial charge in [0.25, 0.3) is 5.56 Å². The molecule has 2 aromatic carbocycles. The van der Waals surface area contributed by atoms with Crippen LogP contribution in [0.3, 0.4) is 0 Å². The molecular formula is C25H20I2N2O5S. The maximum atomic E-state index is 13.7. The highest BCUT2D eigenvalue weighted by Gasteiger charge is 2.33. The number of ether oxygens (including phenoxy) is 2. The summed E-state index contributed by atoms with van der Waals surface area (Å²) in [6.07, 6.45) is 1.71. The Hall–Kier alpha value is -2.32. The smallest absolute Gasteiger partial charge is 0.338 e. The summed E-state index contributed by atoms with van der Waals surface area (Å²) in [4.78, 5) is 43.4. The van der Waals surface area contributed by atoms with E-state index in [9.17, 15) is 14.4 Å². The first-order valence-corrected chi connectivity index (χ1v) is 13.6. The molecule has 0 saturated heterocycles. The third kappa shape index (κ3) is 5.28. The molecule has 35 heavy (non-hydrogen) atoms. The van der Waals surface area contributed by atoms with E-state index in [1.54, 1.807) is 19.9 Å². The lowest BCUT2D eigenvalue weighted by Gasteiger charge is -2.24. The molecule has 0 saturated carbocycles. The van der Waals surface area contributed by atoms with Gasteiger partial charge in [0.15, 0.2) is 10.6 Å². The highest BCUT2D eigenvalue weighted by Crippen LogP contribution is 2.31. The van der Waals surface area contributed by atoms with Gasteiger partial charge in [0.05, 0.1) is 32.0 Å². The summed E-state index contributed by atoms with van der Waals surface area (Å²) < 4.78 is 14.4. The average Bonchev–Trinajstić information content (AvgIpc) is 3.10. The van der Waals surface area contributed by atoms with Crippen LogP contribution in [-0.4, -0.2) is 23.1 Å². The first-order valence-electron chi connectivity index (χ1n) is 10.6. The number of allylic oxidation sites excluding steroid dienone is 1. The Labute approximate surface area is 232 Å². The van der Waals surface area contributed by atoms with Crippen LogP contribution in [0.4, 0.5) is 0 Å². The molecule has 1 aliphatic rings. The Bertz CT molecular complexity index is 1540. The number of thiazole rings is 1. The molecule has 7 nitrogen and oxygen atoms in total. The van der Waals surface area contributed by atoms with E-state index in [1.807, 2.05) is 42.5 Å². The lowest BCUT2D eigenvalue weighted by molar-refractivity contribution is -0.139. The van der Waals surface area contributed by atoms with Crippen molar-refractivity contribution in [3.8, 4) is 5.75 Å². The molecular weight excluding hydrogens is 694 g/mol. The Morgan fingerprint density at radius 3 is 2.57 bits per heavy atom. The summed E-state index contributed by atoms with van der Waals surface area (Å²) in [5.74, 6) is -0.549. The highest BCUT2D eigenvalue weighted by atomic mass is 127. The second kappa shape index (κ2) is 10.7. The predicted octanol–water partition coefficient (Wildman–Crippen LogP) is 3.93. The van der Waals surface area contributed by atoms with E-state index >= 15 is 0 Å². The van der Waals surface area contributed by atoms with E-state index in [1.165, 1.54) is 22.8 Å². The van der Waals surface area contributed by atoms with Crippen LogP contribution < -0.4 is 19.6 Å². The third-order valence-electron chi connectivity index (χ3n) is 5.20. The minimum atomic E-state index is -0.669. The fourth-order valence-electron chi connectivity index (χ4n) is 3.82. The number of esters is 2. The zero-order chi connectivity index (χ0) is 25.3. The summed E-state index contributed by atoms with van der Waals surface area (Å²) in [5.41, 5.74) is 1.94. The monoisotopic (exact) mass is 714 g/mol. The van der Waals surface area contributed by atoms with Crippen molar-refractivity contribution < 1.29 is 19.1 Å². The van der Waals surface area contributed by atoms with Gasteiger partial charge < -0.3 is 9.47 Å². The summed E-state index contributed by atoms with van der Waals surface area (Å²) in [6, 6.07) is 12.4. The van der Waals surface area contributed by atoms with Gasteiger partial charge in [-0.15, -0.1) is 0 Å². The number of rotatable bonds is 5. The van der Waals surface area contributed by atoms with Gasteiger partial charge in [-0.25, -0.2) is 9.79 Å². The van der Waals surface area contributed by atoms with E-state index < -0.39 is 18.0 Å². The molecule has 0 N–H and O–H groups in total. The fourth-order valence-corrected chi connectivity index (χ4v) is 6.86. The second-order valence-corrected chi connectivity index (χ2v) is 11.0. The van der Waals surface area contributed by atoms with Crippen LogP contribution in [0.2, 0.25) is 0 Å². The molecule has 3 aromatic rings. The molecule has 0 fully saturated rings. The molecule has 2 heterocycles. The number of carbonyl (C=O) groups excluding carboxylic acids is 2. The van der Waals surface area contributed by atoms with Crippen molar-refractivity contribution in [3.05, 3.63) is 91.7 Å². The van der Waals surface area contributed by atoms with Gasteiger partial charge in [0, 0.05) is 16.1 Å². The number of hydrogen-bond acceptors (Lipinski definition) is 7. The van der Waals surface area contributed by atoms with Crippen LogP contribution in [0.1, 0.15) is 37.9 Å². The number of benzene rings is 2.